The molecule has 0 atom stereocenters. The molecule has 1 fully saturated rings. The molecule has 0 unspecified atom stereocenters. The van der Waals surface area contributed by atoms with E-state index < -0.39 is 5.97 Å². The third-order valence-corrected chi connectivity index (χ3v) is 7.84. The summed E-state index contributed by atoms with van der Waals surface area (Å²) < 4.78 is 16.7. The normalized spacial score (nSPS) is 13.3. The summed E-state index contributed by atoms with van der Waals surface area (Å²) in [7, 11) is 4.71. The quantitative estimate of drug-likeness (QED) is 0.192. The van der Waals surface area contributed by atoms with Crippen molar-refractivity contribution in [1.82, 2.24) is 9.80 Å². The maximum atomic E-state index is 12.5. The van der Waals surface area contributed by atoms with Gasteiger partial charge in [0.25, 0.3) is 5.91 Å². The third-order valence-electron chi connectivity index (χ3n) is 7.59. The number of ether oxygens (including phenoxy) is 3. The molecule has 0 spiro atoms. The van der Waals surface area contributed by atoms with E-state index in [0.29, 0.717) is 22.8 Å². The second-order valence-corrected chi connectivity index (χ2v) is 11.2. The van der Waals surface area contributed by atoms with Crippen molar-refractivity contribution in [1.29, 1.82) is 0 Å². The number of amides is 1. The zero-order valence-electron chi connectivity index (χ0n) is 25.2. The van der Waals surface area contributed by atoms with Gasteiger partial charge >= 0.3 is 5.97 Å². The van der Waals surface area contributed by atoms with E-state index in [9.17, 15) is 9.59 Å². The van der Waals surface area contributed by atoms with Crippen LogP contribution in [0.5, 0.6) is 17.2 Å². The Morgan fingerprint density at radius 3 is 2.20 bits per heavy atom. The van der Waals surface area contributed by atoms with Gasteiger partial charge in [-0.15, -0.1) is 0 Å². The van der Waals surface area contributed by atoms with E-state index in [2.05, 4.69) is 46.2 Å². The van der Waals surface area contributed by atoms with E-state index >= 15 is 0 Å². The fraction of sp³-hybridized carbons (Fsp3) is 0.257. The molecule has 5 rings (SSSR count). The average molecular weight is 614 g/mol. The number of carbonyl (C=O) groups excluding carboxylic acids is 2. The van der Waals surface area contributed by atoms with Crippen LogP contribution in [0.2, 0.25) is 5.02 Å². The van der Waals surface area contributed by atoms with E-state index in [1.807, 2.05) is 24.3 Å². The maximum Gasteiger partial charge on any atom is 0.341 e. The SMILES string of the molecule is COC(=O)c1ccc(N2CCN(Cc3ccccc3-c3ccc(Cl)cc3)CC2)cc1Oc1ccc(OCC(=O)N(C)C)cc1. The van der Waals surface area contributed by atoms with Crippen molar-refractivity contribution in [2.45, 2.75) is 6.54 Å². The van der Waals surface area contributed by atoms with Gasteiger partial charge in [-0.05, 0) is 65.2 Å². The number of methoxy groups -OCH3 is 1. The van der Waals surface area contributed by atoms with Crippen LogP contribution < -0.4 is 14.4 Å². The molecule has 0 aliphatic carbocycles. The van der Waals surface area contributed by atoms with Crippen LogP contribution in [0.4, 0.5) is 5.69 Å². The first kappa shape index (κ1) is 30.9. The second kappa shape index (κ2) is 14.3. The van der Waals surface area contributed by atoms with Crippen molar-refractivity contribution < 1.29 is 23.8 Å². The fourth-order valence-electron chi connectivity index (χ4n) is 5.05. The van der Waals surface area contributed by atoms with E-state index in [0.717, 1.165) is 49.0 Å². The summed E-state index contributed by atoms with van der Waals surface area (Å²) in [5.41, 5.74) is 4.96. The lowest BCUT2D eigenvalue weighted by molar-refractivity contribution is -0.130. The smallest absolute Gasteiger partial charge is 0.341 e. The predicted octanol–water partition coefficient (Wildman–Crippen LogP) is 6.38. The Morgan fingerprint density at radius 1 is 0.841 bits per heavy atom. The van der Waals surface area contributed by atoms with Gasteiger partial charge in [-0.3, -0.25) is 9.69 Å². The van der Waals surface area contributed by atoms with Crippen LogP contribution in [0.1, 0.15) is 15.9 Å². The zero-order chi connectivity index (χ0) is 31.1. The number of nitrogens with zero attached hydrogens (tertiary/aromatic N) is 3. The van der Waals surface area contributed by atoms with Crippen molar-refractivity contribution in [3.63, 3.8) is 0 Å². The number of anilines is 1. The molecule has 1 aliphatic heterocycles. The van der Waals surface area contributed by atoms with Crippen LogP contribution in [0.3, 0.4) is 0 Å². The number of hydrogen-bond acceptors (Lipinski definition) is 7. The number of rotatable bonds is 10. The van der Waals surface area contributed by atoms with Gasteiger partial charge in [0.1, 0.15) is 22.8 Å². The summed E-state index contributed by atoms with van der Waals surface area (Å²) >= 11 is 6.11. The highest BCUT2D eigenvalue weighted by atomic mass is 35.5. The van der Waals surface area contributed by atoms with Gasteiger partial charge in [0.2, 0.25) is 0 Å². The summed E-state index contributed by atoms with van der Waals surface area (Å²) in [6, 6.07) is 29.0. The molecule has 1 aliphatic rings. The lowest BCUT2D eigenvalue weighted by atomic mass is 9.99. The molecular weight excluding hydrogens is 578 g/mol. The van der Waals surface area contributed by atoms with Crippen LogP contribution in [0.15, 0.2) is 91.0 Å². The van der Waals surface area contributed by atoms with Gasteiger partial charge in [-0.25, -0.2) is 4.79 Å². The molecule has 0 aromatic heterocycles. The van der Waals surface area contributed by atoms with E-state index in [1.165, 1.54) is 23.1 Å². The van der Waals surface area contributed by atoms with Gasteiger partial charge in [0, 0.05) is 63.6 Å². The van der Waals surface area contributed by atoms with Gasteiger partial charge < -0.3 is 24.0 Å². The second-order valence-electron chi connectivity index (χ2n) is 10.7. The molecule has 44 heavy (non-hydrogen) atoms. The monoisotopic (exact) mass is 613 g/mol. The Morgan fingerprint density at radius 2 is 1.52 bits per heavy atom. The Kier molecular flexibility index (Phi) is 10.0. The standard InChI is InChI=1S/C35H36ClN3O5/c1-37(2)34(40)24-43-29-13-15-30(16-14-29)44-33-22-28(12-17-32(33)35(41)42-3)39-20-18-38(19-21-39)23-26-6-4-5-7-31(26)25-8-10-27(36)11-9-25/h4-17,22H,18-21,23-24H2,1-3H3. The zero-order valence-corrected chi connectivity index (χ0v) is 25.9. The highest BCUT2D eigenvalue weighted by molar-refractivity contribution is 6.30. The van der Waals surface area contributed by atoms with Crippen molar-refractivity contribution in [2.24, 2.45) is 0 Å². The maximum absolute atomic E-state index is 12.5. The summed E-state index contributed by atoms with van der Waals surface area (Å²) in [5, 5.41) is 0.730. The van der Waals surface area contributed by atoms with Crippen LogP contribution >= 0.6 is 11.6 Å². The van der Waals surface area contributed by atoms with Gasteiger partial charge in [0.05, 0.1) is 7.11 Å². The van der Waals surface area contributed by atoms with E-state index in [-0.39, 0.29) is 12.5 Å². The summed E-state index contributed by atoms with van der Waals surface area (Å²) in [6.07, 6.45) is 0. The molecule has 1 heterocycles. The summed E-state index contributed by atoms with van der Waals surface area (Å²) in [6.45, 7) is 4.24. The number of esters is 1. The van der Waals surface area contributed by atoms with Crippen molar-refractivity contribution in [2.75, 3.05) is 58.9 Å². The molecule has 1 saturated heterocycles. The average Bonchev–Trinajstić information content (AvgIpc) is 3.05. The number of benzene rings is 4. The molecule has 228 valence electrons. The first-order valence-corrected chi connectivity index (χ1v) is 14.8. The number of halogens is 1. The minimum atomic E-state index is -0.474. The summed E-state index contributed by atoms with van der Waals surface area (Å²) in [5.74, 6) is 0.877. The van der Waals surface area contributed by atoms with Gasteiger partial charge in [0.15, 0.2) is 6.61 Å². The minimum absolute atomic E-state index is 0.0517. The fourth-order valence-corrected chi connectivity index (χ4v) is 5.18. The Labute approximate surface area is 263 Å². The predicted molar refractivity (Wildman–Crippen MR) is 173 cm³/mol. The molecule has 0 N–H and O–H groups in total. The number of carbonyl (C=O) groups is 2. The largest absolute Gasteiger partial charge is 0.484 e. The lowest BCUT2D eigenvalue weighted by Crippen LogP contribution is -2.46. The summed E-state index contributed by atoms with van der Waals surface area (Å²) in [4.78, 5) is 30.6. The topological polar surface area (TPSA) is 71.5 Å². The Hall–Kier alpha value is -4.53. The van der Waals surface area contributed by atoms with Crippen LogP contribution in [-0.4, -0.2) is 75.7 Å². The third kappa shape index (κ3) is 7.70. The molecule has 4 aromatic carbocycles. The Bertz CT molecular complexity index is 1580. The van der Waals surface area contributed by atoms with Crippen LogP contribution in [-0.2, 0) is 16.1 Å². The molecule has 4 aromatic rings. The molecule has 8 nitrogen and oxygen atoms in total. The van der Waals surface area contributed by atoms with Crippen molar-refractivity contribution >= 4 is 29.2 Å². The first-order valence-electron chi connectivity index (χ1n) is 14.4. The number of hydrogen-bond donors (Lipinski definition) is 0. The first-order chi connectivity index (χ1) is 21.3. The number of likely N-dealkylation sites (N-methyl/N-ethyl adjacent to an activating group) is 1. The molecule has 0 bridgehead atoms. The Balaban J connectivity index is 1.25. The lowest BCUT2D eigenvalue weighted by Gasteiger charge is -2.36. The van der Waals surface area contributed by atoms with E-state index in [4.69, 9.17) is 25.8 Å². The van der Waals surface area contributed by atoms with Crippen molar-refractivity contribution in [3.05, 3.63) is 107 Å². The molecule has 0 saturated carbocycles. The molecule has 9 heteroatoms. The molecular formula is C35H36ClN3O5. The molecule has 1 amide bonds. The van der Waals surface area contributed by atoms with Crippen molar-refractivity contribution in [3.8, 4) is 28.4 Å². The van der Waals surface area contributed by atoms with Gasteiger partial charge in [-0.2, -0.15) is 0 Å². The highest BCUT2D eigenvalue weighted by Crippen LogP contribution is 2.32. The van der Waals surface area contributed by atoms with Gasteiger partial charge in [-0.1, -0.05) is 48.0 Å². The minimum Gasteiger partial charge on any atom is -0.484 e. The number of piperazine rings is 1. The van der Waals surface area contributed by atoms with Crippen LogP contribution in [0, 0.1) is 0 Å². The van der Waals surface area contributed by atoms with E-state index in [1.54, 1.807) is 44.4 Å². The molecule has 0 radical (unpaired) electrons. The highest BCUT2D eigenvalue weighted by Gasteiger charge is 2.22. The van der Waals surface area contributed by atoms with Crippen LogP contribution in [0.25, 0.3) is 11.1 Å².